The predicted octanol–water partition coefficient (Wildman–Crippen LogP) is 2.91. The third kappa shape index (κ3) is 4.07. The van der Waals surface area contributed by atoms with Crippen LogP contribution in [0.5, 0.6) is 0 Å². The number of carbonyl (C=O) groups is 1. The molecular weight excluding hydrogens is 397 g/mol. The molecule has 2 aromatic heterocycles. The molecular formula is C20H17F3N6O. The highest BCUT2D eigenvalue weighted by Crippen LogP contribution is 2.33. The Morgan fingerprint density at radius 2 is 1.57 bits per heavy atom. The fourth-order valence-corrected chi connectivity index (χ4v) is 3.23. The molecule has 4 rings (SSSR count). The van der Waals surface area contributed by atoms with Gasteiger partial charge in [-0.05, 0) is 12.1 Å². The first-order chi connectivity index (χ1) is 14.4. The maximum atomic E-state index is 13.7. The number of hydrogen-bond acceptors (Lipinski definition) is 6. The summed E-state index contributed by atoms with van der Waals surface area (Å²) in [5.41, 5.74) is -1.22. The van der Waals surface area contributed by atoms with Gasteiger partial charge in [-0.2, -0.15) is 13.2 Å². The maximum Gasteiger partial charge on any atom is 0.418 e. The van der Waals surface area contributed by atoms with Crippen LogP contribution in [0, 0.1) is 0 Å². The smallest absolute Gasteiger partial charge is 0.337 e. The maximum absolute atomic E-state index is 13.7. The zero-order chi connectivity index (χ0) is 21.1. The number of halogens is 3. The van der Waals surface area contributed by atoms with Crippen LogP contribution >= 0.6 is 0 Å². The first-order valence-electron chi connectivity index (χ1n) is 9.25. The molecule has 1 fully saturated rings. The molecule has 0 saturated carbocycles. The van der Waals surface area contributed by atoms with E-state index >= 15 is 0 Å². The SMILES string of the molecule is O=C(c1nnc(-c2ccccc2)cc1C(F)(F)F)N1CCN(c2ncccn2)CC1. The predicted molar refractivity (Wildman–Crippen MR) is 103 cm³/mol. The molecule has 3 aromatic rings. The molecule has 0 unspecified atom stereocenters. The summed E-state index contributed by atoms with van der Waals surface area (Å²) in [7, 11) is 0. The topological polar surface area (TPSA) is 75.1 Å². The fraction of sp³-hybridized carbons (Fsp3) is 0.250. The standard InChI is InChI=1S/C20H17F3N6O/c21-20(22,23)15-13-16(14-5-2-1-3-6-14)26-27-17(15)18(30)28-9-11-29(12-10-28)19-24-7-4-8-25-19/h1-8,13H,9-12H2. The molecule has 0 bridgehead atoms. The van der Waals surface area contributed by atoms with Gasteiger partial charge in [-0.25, -0.2) is 9.97 Å². The van der Waals surface area contributed by atoms with Crippen LogP contribution in [0.25, 0.3) is 11.3 Å². The number of benzene rings is 1. The highest BCUT2D eigenvalue weighted by Gasteiger charge is 2.39. The molecule has 10 heteroatoms. The van der Waals surface area contributed by atoms with E-state index in [1.807, 2.05) is 4.90 Å². The second-order valence-electron chi connectivity index (χ2n) is 6.68. The Labute approximate surface area is 170 Å². The lowest BCUT2D eigenvalue weighted by molar-refractivity contribution is -0.138. The van der Waals surface area contributed by atoms with Crippen LogP contribution in [0.1, 0.15) is 16.1 Å². The number of hydrogen-bond donors (Lipinski definition) is 0. The number of rotatable bonds is 3. The molecule has 30 heavy (non-hydrogen) atoms. The Bertz CT molecular complexity index is 1020. The summed E-state index contributed by atoms with van der Waals surface area (Å²) in [6.45, 7) is 1.28. The molecule has 1 aliphatic rings. The normalized spacial score (nSPS) is 14.6. The van der Waals surface area contributed by atoms with Crippen molar-refractivity contribution in [1.29, 1.82) is 0 Å². The van der Waals surface area contributed by atoms with Crippen molar-refractivity contribution < 1.29 is 18.0 Å². The number of carbonyl (C=O) groups excluding carboxylic acids is 1. The molecule has 3 heterocycles. The van der Waals surface area contributed by atoms with Gasteiger partial charge in [0.15, 0.2) is 5.69 Å². The average molecular weight is 414 g/mol. The quantitative estimate of drug-likeness (QED) is 0.656. The zero-order valence-electron chi connectivity index (χ0n) is 15.8. The molecule has 1 aromatic carbocycles. The van der Waals surface area contributed by atoms with E-state index in [1.165, 1.54) is 4.90 Å². The Morgan fingerprint density at radius 3 is 2.20 bits per heavy atom. The monoisotopic (exact) mass is 414 g/mol. The molecule has 1 aliphatic heterocycles. The molecule has 0 aliphatic carbocycles. The summed E-state index contributed by atoms with van der Waals surface area (Å²) in [6.07, 6.45) is -1.51. The summed E-state index contributed by atoms with van der Waals surface area (Å²) >= 11 is 0. The first kappa shape index (κ1) is 19.7. The number of nitrogens with zero attached hydrogens (tertiary/aromatic N) is 6. The van der Waals surface area contributed by atoms with E-state index in [4.69, 9.17) is 0 Å². The van der Waals surface area contributed by atoms with Crippen molar-refractivity contribution in [2.24, 2.45) is 0 Å². The van der Waals surface area contributed by atoms with Crippen molar-refractivity contribution >= 4 is 11.9 Å². The molecule has 0 radical (unpaired) electrons. The minimum absolute atomic E-state index is 0.0607. The lowest BCUT2D eigenvalue weighted by atomic mass is 10.1. The number of amides is 1. The number of aromatic nitrogens is 4. The van der Waals surface area contributed by atoms with Gasteiger partial charge in [-0.3, -0.25) is 4.79 Å². The van der Waals surface area contributed by atoms with Gasteiger partial charge in [0.1, 0.15) is 0 Å². The van der Waals surface area contributed by atoms with Gasteiger partial charge >= 0.3 is 6.18 Å². The highest BCUT2D eigenvalue weighted by molar-refractivity contribution is 5.94. The molecule has 1 amide bonds. The van der Waals surface area contributed by atoms with Crippen molar-refractivity contribution in [3.63, 3.8) is 0 Å². The zero-order valence-corrected chi connectivity index (χ0v) is 15.8. The summed E-state index contributed by atoms with van der Waals surface area (Å²) < 4.78 is 41.1. The van der Waals surface area contributed by atoms with E-state index in [9.17, 15) is 18.0 Å². The van der Waals surface area contributed by atoms with Gasteiger partial charge in [-0.1, -0.05) is 30.3 Å². The van der Waals surface area contributed by atoms with Crippen molar-refractivity contribution in [3.05, 3.63) is 66.1 Å². The summed E-state index contributed by atoms with van der Waals surface area (Å²) in [5.74, 6) is -0.268. The molecule has 1 saturated heterocycles. The van der Waals surface area contributed by atoms with Crippen molar-refractivity contribution in [1.82, 2.24) is 25.1 Å². The van der Waals surface area contributed by atoms with Gasteiger partial charge < -0.3 is 9.80 Å². The molecule has 0 atom stereocenters. The number of alkyl halides is 3. The molecule has 154 valence electrons. The lowest BCUT2D eigenvalue weighted by Gasteiger charge is -2.34. The van der Waals surface area contributed by atoms with E-state index in [0.29, 0.717) is 24.6 Å². The lowest BCUT2D eigenvalue weighted by Crippen LogP contribution is -2.49. The second-order valence-corrected chi connectivity index (χ2v) is 6.68. The third-order valence-electron chi connectivity index (χ3n) is 4.77. The van der Waals surface area contributed by atoms with Gasteiger partial charge in [0.25, 0.3) is 5.91 Å². The molecule has 0 N–H and O–H groups in total. The van der Waals surface area contributed by atoms with Crippen LogP contribution in [0.4, 0.5) is 19.1 Å². The van der Waals surface area contributed by atoms with Crippen molar-refractivity contribution in [2.75, 3.05) is 31.1 Å². The van der Waals surface area contributed by atoms with Crippen LogP contribution in [0.15, 0.2) is 54.9 Å². The highest BCUT2D eigenvalue weighted by atomic mass is 19.4. The van der Waals surface area contributed by atoms with Crippen LogP contribution in [-0.2, 0) is 6.18 Å². The van der Waals surface area contributed by atoms with E-state index in [-0.39, 0.29) is 18.8 Å². The van der Waals surface area contributed by atoms with Crippen LogP contribution in [0.3, 0.4) is 0 Å². The molecule has 7 nitrogen and oxygen atoms in total. The van der Waals surface area contributed by atoms with E-state index in [0.717, 1.165) is 6.07 Å². The number of anilines is 1. The summed E-state index contributed by atoms with van der Waals surface area (Å²) in [6, 6.07) is 11.0. The second kappa shape index (κ2) is 8.05. The van der Waals surface area contributed by atoms with Gasteiger partial charge in [0, 0.05) is 44.1 Å². The summed E-state index contributed by atoms with van der Waals surface area (Å²) in [5, 5.41) is 7.55. The van der Waals surface area contributed by atoms with Gasteiger partial charge in [-0.15, -0.1) is 10.2 Å². The molecule has 0 spiro atoms. The van der Waals surface area contributed by atoms with Crippen LogP contribution < -0.4 is 4.90 Å². The van der Waals surface area contributed by atoms with Crippen LogP contribution in [0.2, 0.25) is 0 Å². The Hall–Kier alpha value is -3.56. The Morgan fingerprint density at radius 1 is 0.900 bits per heavy atom. The fourth-order valence-electron chi connectivity index (χ4n) is 3.23. The summed E-state index contributed by atoms with van der Waals surface area (Å²) in [4.78, 5) is 24.4. The minimum atomic E-state index is -4.73. The largest absolute Gasteiger partial charge is 0.418 e. The van der Waals surface area contributed by atoms with Gasteiger partial charge in [0.2, 0.25) is 5.95 Å². The van der Waals surface area contributed by atoms with E-state index in [2.05, 4.69) is 20.2 Å². The van der Waals surface area contributed by atoms with E-state index < -0.39 is 23.3 Å². The van der Waals surface area contributed by atoms with Crippen molar-refractivity contribution in [3.8, 4) is 11.3 Å². The third-order valence-corrected chi connectivity index (χ3v) is 4.77. The minimum Gasteiger partial charge on any atom is -0.337 e. The Balaban J connectivity index is 1.57. The van der Waals surface area contributed by atoms with Crippen LogP contribution in [-0.4, -0.2) is 57.2 Å². The average Bonchev–Trinajstić information content (AvgIpc) is 2.79. The van der Waals surface area contributed by atoms with Crippen molar-refractivity contribution in [2.45, 2.75) is 6.18 Å². The van der Waals surface area contributed by atoms with Gasteiger partial charge in [0.05, 0.1) is 11.3 Å². The Kier molecular flexibility index (Phi) is 5.30. The first-order valence-corrected chi connectivity index (χ1v) is 9.25. The van der Waals surface area contributed by atoms with E-state index in [1.54, 1.807) is 48.8 Å². The number of piperazine rings is 1.